The van der Waals surface area contributed by atoms with Gasteiger partial charge in [0.1, 0.15) is 12.4 Å². The highest BCUT2D eigenvalue weighted by Crippen LogP contribution is 2.38. The second kappa shape index (κ2) is 18.6. The van der Waals surface area contributed by atoms with Gasteiger partial charge < -0.3 is 14.0 Å². The predicted molar refractivity (Wildman–Crippen MR) is 190 cm³/mol. The van der Waals surface area contributed by atoms with Crippen LogP contribution in [0.3, 0.4) is 0 Å². The third kappa shape index (κ3) is 10.9. The average molecular weight is 627 g/mol. The van der Waals surface area contributed by atoms with Gasteiger partial charge in [-0.2, -0.15) is 0 Å². The zero-order valence-electron chi connectivity index (χ0n) is 28.2. The van der Waals surface area contributed by atoms with Gasteiger partial charge in [-0.25, -0.2) is 0 Å². The van der Waals surface area contributed by atoms with Gasteiger partial charge in [0, 0.05) is 13.3 Å². The molecule has 0 spiro atoms. The van der Waals surface area contributed by atoms with Crippen molar-refractivity contribution in [2.24, 2.45) is 0 Å². The molecule has 5 heteroatoms. The van der Waals surface area contributed by atoms with Gasteiger partial charge in [-0.05, 0) is 51.9 Å². The van der Waals surface area contributed by atoms with Crippen LogP contribution in [0.15, 0.2) is 91.0 Å². The number of carbonyl (C=O) groups is 2. The fourth-order valence-electron chi connectivity index (χ4n) is 6.20. The molecule has 0 saturated heterocycles. The SMILES string of the molecule is CCCCCCCCC(/C=C/c1cccc(C(CCCC=O)OC(C)=O)c1)O[Si](c1ccccc1)(c1ccccc1)C(C)(C)C. The van der Waals surface area contributed by atoms with Crippen molar-refractivity contribution in [2.75, 3.05) is 0 Å². The van der Waals surface area contributed by atoms with E-state index in [2.05, 4.69) is 113 Å². The van der Waals surface area contributed by atoms with Gasteiger partial charge in [0.25, 0.3) is 8.32 Å². The Hall–Kier alpha value is -3.28. The lowest BCUT2D eigenvalue weighted by Gasteiger charge is -2.45. The van der Waals surface area contributed by atoms with Gasteiger partial charge in [0.05, 0.1) is 6.10 Å². The zero-order chi connectivity index (χ0) is 32.5. The molecule has 2 atom stereocenters. The number of carbonyl (C=O) groups excluding carboxylic acids is 2. The lowest BCUT2D eigenvalue weighted by atomic mass is 10.0. The van der Waals surface area contributed by atoms with Crippen molar-refractivity contribution >= 4 is 37.0 Å². The van der Waals surface area contributed by atoms with Crippen molar-refractivity contribution in [3.05, 3.63) is 102 Å². The van der Waals surface area contributed by atoms with E-state index >= 15 is 0 Å². The van der Waals surface area contributed by atoms with Crippen molar-refractivity contribution < 1.29 is 18.8 Å². The van der Waals surface area contributed by atoms with Gasteiger partial charge >= 0.3 is 5.97 Å². The van der Waals surface area contributed by atoms with Gasteiger partial charge in [-0.1, -0.05) is 157 Å². The molecular formula is C40H54O4Si. The average Bonchev–Trinajstić information content (AvgIpc) is 3.03. The van der Waals surface area contributed by atoms with E-state index < -0.39 is 8.32 Å². The third-order valence-corrected chi connectivity index (χ3v) is 13.5. The minimum atomic E-state index is -2.73. The molecule has 0 aromatic heterocycles. The summed E-state index contributed by atoms with van der Waals surface area (Å²) in [6.45, 7) is 10.7. The Morgan fingerprint density at radius 3 is 2.00 bits per heavy atom. The summed E-state index contributed by atoms with van der Waals surface area (Å²) in [6.07, 6.45) is 15.0. The Morgan fingerprint density at radius 2 is 1.42 bits per heavy atom. The molecule has 0 heterocycles. The number of unbranched alkanes of at least 4 members (excludes halogenated alkanes) is 6. The molecule has 0 radical (unpaired) electrons. The van der Waals surface area contributed by atoms with Crippen molar-refractivity contribution in [1.29, 1.82) is 0 Å². The number of hydrogen-bond donors (Lipinski definition) is 0. The number of ether oxygens (including phenoxy) is 1. The Bertz CT molecular complexity index is 1270. The summed E-state index contributed by atoms with van der Waals surface area (Å²) in [7, 11) is -2.73. The molecule has 2 unspecified atom stereocenters. The maximum atomic E-state index is 11.9. The van der Waals surface area contributed by atoms with Crippen LogP contribution < -0.4 is 10.4 Å². The summed E-state index contributed by atoms with van der Waals surface area (Å²) in [4.78, 5) is 22.8. The third-order valence-electron chi connectivity index (χ3n) is 8.47. The Balaban J connectivity index is 1.99. The van der Waals surface area contributed by atoms with Crippen LogP contribution in [0.25, 0.3) is 6.08 Å². The van der Waals surface area contributed by atoms with Crippen LogP contribution in [0.1, 0.15) is 116 Å². The van der Waals surface area contributed by atoms with Crippen LogP contribution in [0.4, 0.5) is 0 Å². The first-order valence-electron chi connectivity index (χ1n) is 16.9. The second-order valence-electron chi connectivity index (χ2n) is 13.1. The monoisotopic (exact) mass is 626 g/mol. The molecule has 0 saturated carbocycles. The number of hydrogen-bond acceptors (Lipinski definition) is 4. The zero-order valence-corrected chi connectivity index (χ0v) is 29.2. The Morgan fingerprint density at radius 1 is 0.800 bits per heavy atom. The van der Waals surface area contributed by atoms with Crippen molar-refractivity contribution in [3.8, 4) is 0 Å². The minimum absolute atomic E-state index is 0.0667. The highest BCUT2D eigenvalue weighted by molar-refractivity contribution is 6.99. The van der Waals surface area contributed by atoms with Crippen LogP contribution in [0.2, 0.25) is 5.04 Å². The molecule has 0 fully saturated rings. The summed E-state index contributed by atoms with van der Waals surface area (Å²) >= 11 is 0. The van der Waals surface area contributed by atoms with Crippen molar-refractivity contribution in [2.45, 2.75) is 116 Å². The molecule has 242 valence electrons. The quantitative estimate of drug-likeness (QED) is 0.0576. The van der Waals surface area contributed by atoms with Crippen molar-refractivity contribution in [3.63, 3.8) is 0 Å². The van der Waals surface area contributed by atoms with Crippen LogP contribution in [0.5, 0.6) is 0 Å². The largest absolute Gasteiger partial charge is 0.458 e. The first-order valence-corrected chi connectivity index (χ1v) is 18.8. The second-order valence-corrected chi connectivity index (χ2v) is 17.4. The molecule has 3 aromatic rings. The number of esters is 1. The van der Waals surface area contributed by atoms with Gasteiger partial charge in [-0.15, -0.1) is 0 Å². The topological polar surface area (TPSA) is 52.6 Å². The molecule has 45 heavy (non-hydrogen) atoms. The lowest BCUT2D eigenvalue weighted by molar-refractivity contribution is -0.147. The molecule has 3 rings (SSSR count). The van der Waals surface area contributed by atoms with E-state index in [1.54, 1.807) is 0 Å². The molecule has 0 aliphatic heterocycles. The number of aldehydes is 1. The predicted octanol–water partition coefficient (Wildman–Crippen LogP) is 9.37. The first-order chi connectivity index (χ1) is 21.7. The van der Waals surface area contributed by atoms with E-state index in [4.69, 9.17) is 9.16 Å². The molecule has 0 aliphatic carbocycles. The molecule has 4 nitrogen and oxygen atoms in total. The summed E-state index contributed by atoms with van der Waals surface area (Å²) in [5.41, 5.74) is 1.98. The maximum Gasteiger partial charge on any atom is 0.303 e. The van der Waals surface area contributed by atoms with Gasteiger partial charge in [0.2, 0.25) is 0 Å². The standard InChI is InChI=1S/C40H54O4Si/c1-6-7-8-9-10-13-23-36(30-29-34-21-20-22-35(32-34)39(43-33(2)42)28-18-19-31-41)44-45(40(3,4)5,37-24-14-11-15-25-37)38-26-16-12-17-27-38/h11-12,14-17,20-22,24-27,29-32,36,39H,6-10,13,18-19,23,28H2,1-5H3/b30-29+. The summed E-state index contributed by atoms with van der Waals surface area (Å²) in [5, 5.41) is 2.46. The van der Waals surface area contributed by atoms with Gasteiger partial charge in [0.15, 0.2) is 0 Å². The van der Waals surface area contributed by atoms with Gasteiger partial charge in [-0.3, -0.25) is 4.79 Å². The summed E-state index contributed by atoms with van der Waals surface area (Å²) < 4.78 is 13.2. The first kappa shape index (κ1) is 36.2. The van der Waals surface area contributed by atoms with Crippen LogP contribution in [0, 0.1) is 0 Å². The number of rotatable bonds is 19. The normalized spacial score (nSPS) is 13.4. The van der Waals surface area contributed by atoms with E-state index in [0.717, 1.165) is 30.3 Å². The fourth-order valence-corrected chi connectivity index (χ4v) is 10.9. The van der Waals surface area contributed by atoms with E-state index in [9.17, 15) is 9.59 Å². The summed E-state index contributed by atoms with van der Waals surface area (Å²) in [6, 6.07) is 29.9. The molecule has 0 aliphatic rings. The van der Waals surface area contributed by atoms with E-state index in [-0.39, 0.29) is 23.2 Å². The Kier molecular flexibility index (Phi) is 15.0. The molecule has 0 N–H and O–H groups in total. The molecule has 3 aromatic carbocycles. The van der Waals surface area contributed by atoms with E-state index in [1.807, 2.05) is 12.1 Å². The van der Waals surface area contributed by atoms with Crippen molar-refractivity contribution in [1.82, 2.24) is 0 Å². The Labute approximate surface area is 273 Å². The maximum absolute atomic E-state index is 11.9. The van der Waals surface area contributed by atoms with E-state index in [0.29, 0.717) is 19.3 Å². The van der Waals surface area contributed by atoms with Crippen LogP contribution >= 0.6 is 0 Å². The van der Waals surface area contributed by atoms with Crippen LogP contribution in [-0.2, 0) is 18.8 Å². The molecule has 0 bridgehead atoms. The minimum Gasteiger partial charge on any atom is -0.458 e. The highest BCUT2D eigenvalue weighted by Gasteiger charge is 2.51. The lowest BCUT2D eigenvalue weighted by Crippen LogP contribution is -2.67. The smallest absolute Gasteiger partial charge is 0.303 e. The number of benzene rings is 3. The fraction of sp³-hybridized carbons (Fsp3) is 0.450. The van der Waals surface area contributed by atoms with Crippen LogP contribution in [-0.4, -0.2) is 26.7 Å². The molecular weight excluding hydrogens is 573 g/mol. The van der Waals surface area contributed by atoms with E-state index in [1.165, 1.54) is 49.4 Å². The highest BCUT2D eigenvalue weighted by atomic mass is 28.4. The summed E-state index contributed by atoms with van der Waals surface area (Å²) in [5.74, 6) is -0.315. The molecule has 0 amide bonds.